The van der Waals surface area contributed by atoms with Crippen LogP contribution in [0.3, 0.4) is 0 Å². The van der Waals surface area contributed by atoms with Gasteiger partial charge in [-0.05, 0) is 36.4 Å². The quantitative estimate of drug-likeness (QED) is 0.829. The zero-order valence-corrected chi connectivity index (χ0v) is 11.2. The molecule has 0 spiro atoms. The molecule has 0 bridgehead atoms. The number of nitrogens with one attached hydrogen (secondary N) is 1. The largest absolute Gasteiger partial charge is 0.399 e. The maximum absolute atomic E-state index is 13.5. The third kappa shape index (κ3) is 3.29. The van der Waals surface area contributed by atoms with E-state index in [0.717, 1.165) is 12.1 Å². The molecule has 3 N–H and O–H groups in total. The summed E-state index contributed by atoms with van der Waals surface area (Å²) in [4.78, 5) is 11.9. The lowest BCUT2D eigenvalue weighted by Crippen LogP contribution is -2.14. The van der Waals surface area contributed by atoms with Crippen molar-refractivity contribution < 1.29 is 13.6 Å². The van der Waals surface area contributed by atoms with Gasteiger partial charge in [-0.1, -0.05) is 15.9 Å². The molecule has 0 fully saturated rings. The standard InChI is InChI=1S/C13H9BrF2N2O/c14-7-1-2-12(16)11(3-7)13(19)18-10-5-8(15)4-9(17)6-10/h1-6H,17H2,(H,18,19). The smallest absolute Gasteiger partial charge is 0.258 e. The van der Waals surface area contributed by atoms with Gasteiger partial charge >= 0.3 is 0 Å². The molecule has 3 nitrogen and oxygen atoms in total. The van der Waals surface area contributed by atoms with Crippen LogP contribution in [0.5, 0.6) is 0 Å². The van der Waals surface area contributed by atoms with Gasteiger partial charge in [-0.25, -0.2) is 8.78 Å². The number of benzene rings is 2. The second-order valence-corrected chi connectivity index (χ2v) is 4.77. The Morgan fingerprint density at radius 2 is 1.89 bits per heavy atom. The van der Waals surface area contributed by atoms with Crippen molar-refractivity contribution in [3.8, 4) is 0 Å². The molecule has 2 aromatic carbocycles. The molecule has 0 radical (unpaired) electrons. The van der Waals surface area contributed by atoms with Crippen molar-refractivity contribution in [1.29, 1.82) is 0 Å². The van der Waals surface area contributed by atoms with Crippen LogP contribution in [0, 0.1) is 11.6 Å². The molecule has 19 heavy (non-hydrogen) atoms. The van der Waals surface area contributed by atoms with Crippen LogP contribution in [-0.4, -0.2) is 5.91 Å². The highest BCUT2D eigenvalue weighted by atomic mass is 79.9. The monoisotopic (exact) mass is 326 g/mol. The number of nitrogens with two attached hydrogens (primary N) is 1. The molecular formula is C13H9BrF2N2O. The molecule has 6 heteroatoms. The van der Waals surface area contributed by atoms with Gasteiger partial charge in [0, 0.05) is 15.8 Å². The Labute approximate surface area is 116 Å². The zero-order valence-electron chi connectivity index (χ0n) is 9.58. The summed E-state index contributed by atoms with van der Waals surface area (Å²) in [5.41, 5.74) is 5.65. The van der Waals surface area contributed by atoms with Gasteiger partial charge in [0.05, 0.1) is 5.56 Å². The van der Waals surface area contributed by atoms with E-state index in [1.165, 1.54) is 24.3 Å². The Balaban J connectivity index is 2.28. The number of rotatable bonds is 2. The van der Waals surface area contributed by atoms with E-state index in [2.05, 4.69) is 21.2 Å². The van der Waals surface area contributed by atoms with Gasteiger partial charge < -0.3 is 11.1 Å². The number of nitrogen functional groups attached to an aromatic ring is 1. The molecular weight excluding hydrogens is 318 g/mol. The molecule has 0 unspecified atom stereocenters. The minimum atomic E-state index is -0.677. The van der Waals surface area contributed by atoms with Gasteiger partial charge in [0.2, 0.25) is 0 Å². The van der Waals surface area contributed by atoms with Gasteiger partial charge in [0.15, 0.2) is 0 Å². The number of hydrogen-bond acceptors (Lipinski definition) is 2. The minimum absolute atomic E-state index is 0.141. The molecule has 0 aliphatic rings. The average Bonchev–Trinajstić information content (AvgIpc) is 2.30. The number of carbonyl (C=O) groups excluding carboxylic acids is 1. The highest BCUT2D eigenvalue weighted by Gasteiger charge is 2.13. The Morgan fingerprint density at radius 1 is 1.16 bits per heavy atom. The fraction of sp³-hybridized carbons (Fsp3) is 0. The van der Waals surface area contributed by atoms with E-state index >= 15 is 0 Å². The fourth-order valence-corrected chi connectivity index (χ4v) is 1.92. The molecule has 0 heterocycles. The van der Waals surface area contributed by atoms with E-state index in [1.54, 1.807) is 0 Å². The Kier molecular flexibility index (Phi) is 3.80. The summed E-state index contributed by atoms with van der Waals surface area (Å²) in [6.07, 6.45) is 0. The summed E-state index contributed by atoms with van der Waals surface area (Å²) in [6.45, 7) is 0. The molecule has 0 saturated carbocycles. The van der Waals surface area contributed by atoms with Crippen molar-refractivity contribution in [1.82, 2.24) is 0 Å². The molecule has 1 amide bonds. The first-order valence-corrected chi connectivity index (χ1v) is 6.07. The summed E-state index contributed by atoms with van der Waals surface area (Å²) < 4.78 is 27.2. The van der Waals surface area contributed by atoms with Crippen LogP contribution >= 0.6 is 15.9 Å². The molecule has 2 rings (SSSR count). The summed E-state index contributed by atoms with van der Waals surface area (Å²) in [5.74, 6) is -1.92. The van der Waals surface area contributed by atoms with Crippen LogP contribution in [0.1, 0.15) is 10.4 Å². The topological polar surface area (TPSA) is 55.1 Å². The Morgan fingerprint density at radius 3 is 2.58 bits per heavy atom. The summed E-state index contributed by atoms with van der Waals surface area (Å²) in [6, 6.07) is 7.59. The zero-order chi connectivity index (χ0) is 14.0. The van der Waals surface area contributed by atoms with E-state index in [4.69, 9.17) is 5.73 Å². The average molecular weight is 327 g/mol. The third-order valence-corrected chi connectivity index (χ3v) is 2.84. The van der Waals surface area contributed by atoms with Crippen molar-refractivity contribution in [3.63, 3.8) is 0 Å². The molecule has 0 aliphatic heterocycles. The number of amides is 1. The summed E-state index contributed by atoms with van der Waals surface area (Å²) in [7, 11) is 0. The summed E-state index contributed by atoms with van der Waals surface area (Å²) >= 11 is 3.15. The lowest BCUT2D eigenvalue weighted by Gasteiger charge is -2.07. The lowest BCUT2D eigenvalue weighted by molar-refractivity contribution is 0.102. The fourth-order valence-electron chi connectivity index (χ4n) is 1.55. The van der Waals surface area contributed by atoms with E-state index in [0.29, 0.717) is 4.47 Å². The van der Waals surface area contributed by atoms with E-state index < -0.39 is 17.5 Å². The van der Waals surface area contributed by atoms with Crippen molar-refractivity contribution in [2.75, 3.05) is 11.1 Å². The van der Waals surface area contributed by atoms with Crippen molar-refractivity contribution in [2.24, 2.45) is 0 Å². The second-order valence-electron chi connectivity index (χ2n) is 3.85. The second kappa shape index (κ2) is 5.36. The first kappa shape index (κ1) is 13.5. The molecule has 0 aromatic heterocycles. The SMILES string of the molecule is Nc1cc(F)cc(NC(=O)c2cc(Br)ccc2F)c1. The lowest BCUT2D eigenvalue weighted by atomic mass is 10.2. The van der Waals surface area contributed by atoms with Crippen molar-refractivity contribution in [2.45, 2.75) is 0 Å². The van der Waals surface area contributed by atoms with Crippen molar-refractivity contribution in [3.05, 3.63) is 58.1 Å². The highest BCUT2D eigenvalue weighted by molar-refractivity contribution is 9.10. The predicted molar refractivity (Wildman–Crippen MR) is 72.9 cm³/mol. The number of halogens is 3. The van der Waals surface area contributed by atoms with Crippen molar-refractivity contribution >= 4 is 33.2 Å². The van der Waals surface area contributed by atoms with Crippen LogP contribution in [-0.2, 0) is 0 Å². The number of anilines is 2. The first-order chi connectivity index (χ1) is 8.95. The molecule has 2 aromatic rings. The van der Waals surface area contributed by atoms with Gasteiger partial charge in [-0.2, -0.15) is 0 Å². The minimum Gasteiger partial charge on any atom is -0.399 e. The molecule has 98 valence electrons. The predicted octanol–water partition coefficient (Wildman–Crippen LogP) is 3.56. The van der Waals surface area contributed by atoms with Crippen LogP contribution < -0.4 is 11.1 Å². The van der Waals surface area contributed by atoms with E-state index in [-0.39, 0.29) is 16.9 Å². The van der Waals surface area contributed by atoms with E-state index in [1.807, 2.05) is 0 Å². The van der Waals surface area contributed by atoms with Gasteiger partial charge in [0.25, 0.3) is 5.91 Å². The number of carbonyl (C=O) groups is 1. The third-order valence-electron chi connectivity index (χ3n) is 2.35. The van der Waals surface area contributed by atoms with Crippen LogP contribution in [0.4, 0.5) is 20.2 Å². The van der Waals surface area contributed by atoms with Crippen LogP contribution in [0.25, 0.3) is 0 Å². The molecule has 0 saturated heterocycles. The van der Waals surface area contributed by atoms with Crippen LogP contribution in [0.15, 0.2) is 40.9 Å². The first-order valence-electron chi connectivity index (χ1n) is 5.28. The summed E-state index contributed by atoms with van der Waals surface area (Å²) in [5, 5.41) is 2.39. The number of hydrogen-bond donors (Lipinski definition) is 2. The van der Waals surface area contributed by atoms with Gasteiger partial charge in [0.1, 0.15) is 11.6 Å². The Bertz CT molecular complexity index is 626. The van der Waals surface area contributed by atoms with E-state index in [9.17, 15) is 13.6 Å². The highest BCUT2D eigenvalue weighted by Crippen LogP contribution is 2.19. The molecule has 0 aliphatic carbocycles. The molecule has 0 atom stereocenters. The maximum Gasteiger partial charge on any atom is 0.258 e. The Hall–Kier alpha value is -1.95. The van der Waals surface area contributed by atoms with Crippen LogP contribution in [0.2, 0.25) is 0 Å². The van der Waals surface area contributed by atoms with Gasteiger partial charge in [-0.15, -0.1) is 0 Å². The van der Waals surface area contributed by atoms with Gasteiger partial charge in [-0.3, -0.25) is 4.79 Å². The normalized spacial score (nSPS) is 10.3. The maximum atomic E-state index is 13.5.